The molecule has 10 nitrogen and oxygen atoms in total. The summed E-state index contributed by atoms with van der Waals surface area (Å²) in [6.45, 7) is 3.94. The fourth-order valence-electron chi connectivity index (χ4n) is 7.05. The fraction of sp³-hybridized carbons (Fsp3) is 0.378. The normalized spacial score (nSPS) is 15.8. The quantitative estimate of drug-likeness (QED) is 0.113. The Bertz CT molecular complexity index is 2470. The van der Waals surface area contributed by atoms with Crippen LogP contribution < -0.4 is 10.6 Å². The molecule has 1 amide bonds. The van der Waals surface area contributed by atoms with Crippen LogP contribution in [0.4, 0.5) is 40.3 Å². The number of benzene rings is 2. The lowest BCUT2D eigenvalue weighted by Crippen LogP contribution is -2.37. The monoisotopic (exact) mass is 806 g/mol. The first kappa shape index (κ1) is 39.1. The highest BCUT2D eigenvalue weighted by molar-refractivity contribution is 7.22. The summed E-state index contributed by atoms with van der Waals surface area (Å²) in [6, 6.07) is 8.52. The van der Waals surface area contributed by atoms with Gasteiger partial charge in [0, 0.05) is 49.0 Å². The summed E-state index contributed by atoms with van der Waals surface area (Å²) < 4.78 is 120. The highest BCUT2D eigenvalue weighted by atomic mass is 32.1. The van der Waals surface area contributed by atoms with E-state index in [4.69, 9.17) is 4.98 Å². The molecule has 4 heterocycles. The molecule has 0 bridgehead atoms. The Balaban J connectivity index is 1.38. The highest BCUT2D eigenvalue weighted by Crippen LogP contribution is 2.52. The maximum atomic E-state index is 15.2. The summed E-state index contributed by atoms with van der Waals surface area (Å²) in [5, 5.41) is 25.1. The molecule has 56 heavy (non-hydrogen) atoms. The van der Waals surface area contributed by atoms with Crippen LogP contribution in [0, 0.1) is 18.6 Å². The molecule has 0 radical (unpaired) electrons. The van der Waals surface area contributed by atoms with Gasteiger partial charge in [-0.1, -0.05) is 29.5 Å². The summed E-state index contributed by atoms with van der Waals surface area (Å²) in [5.41, 5.74) is -3.10. The molecule has 0 aliphatic heterocycles. The van der Waals surface area contributed by atoms with Crippen molar-refractivity contribution in [2.24, 2.45) is 7.05 Å². The number of anilines is 1. The number of nitrogens with zero attached hydrogens (tertiary/aromatic N) is 6. The summed E-state index contributed by atoms with van der Waals surface area (Å²) in [5.74, 6) is -11.1. The molecule has 19 heteroatoms. The number of halogens is 8. The van der Waals surface area contributed by atoms with Gasteiger partial charge >= 0.3 is 0 Å². The fourth-order valence-corrected chi connectivity index (χ4v) is 7.89. The molecular weight excluding hydrogens is 773 g/mol. The van der Waals surface area contributed by atoms with Gasteiger partial charge in [-0.2, -0.15) is 19.0 Å². The van der Waals surface area contributed by atoms with Gasteiger partial charge in [0.05, 0.1) is 38.8 Å². The lowest BCUT2D eigenvalue weighted by atomic mass is 9.89. The van der Waals surface area contributed by atoms with Crippen LogP contribution in [0.15, 0.2) is 42.5 Å². The van der Waals surface area contributed by atoms with Crippen molar-refractivity contribution in [3.8, 4) is 11.1 Å². The lowest BCUT2D eigenvalue weighted by Gasteiger charge is -2.29. The molecule has 296 valence electrons. The zero-order valence-corrected chi connectivity index (χ0v) is 31.0. The van der Waals surface area contributed by atoms with Crippen LogP contribution in [0.2, 0.25) is 0 Å². The first-order valence-electron chi connectivity index (χ1n) is 17.3. The number of hydrogen-bond donors (Lipinski definition) is 3. The molecular formula is C37H34F8N8O2S. The number of alkyl halides is 6. The molecule has 1 aliphatic carbocycles. The Labute approximate surface area is 317 Å². The van der Waals surface area contributed by atoms with E-state index >= 15 is 8.78 Å². The van der Waals surface area contributed by atoms with Crippen molar-refractivity contribution in [2.75, 3.05) is 11.9 Å². The van der Waals surface area contributed by atoms with Crippen LogP contribution >= 0.6 is 11.3 Å². The third-order valence-electron chi connectivity index (χ3n) is 9.40. The number of aliphatic hydroxyl groups is 1. The second-order valence-corrected chi connectivity index (χ2v) is 15.4. The van der Waals surface area contributed by atoms with E-state index < -0.39 is 83.8 Å². The summed E-state index contributed by atoms with van der Waals surface area (Å²) >= 11 is 1.21. The maximum Gasteiger partial charge on any atom is 0.290 e. The maximum absolute atomic E-state index is 15.2. The molecule has 4 aromatic heterocycles. The minimum absolute atomic E-state index is 0.0451. The Morgan fingerprint density at radius 3 is 2.36 bits per heavy atom. The number of nitrogens with one attached hydrogen (secondary N) is 2. The molecule has 0 unspecified atom stereocenters. The second kappa shape index (κ2) is 14.1. The van der Waals surface area contributed by atoms with Crippen LogP contribution in [-0.2, 0) is 36.7 Å². The number of thiazole rings is 1. The predicted octanol–water partition coefficient (Wildman–Crippen LogP) is 8.23. The van der Waals surface area contributed by atoms with Crippen LogP contribution in [0.3, 0.4) is 0 Å². The van der Waals surface area contributed by atoms with Gasteiger partial charge in [-0.05, 0) is 51.0 Å². The first-order valence-corrected chi connectivity index (χ1v) is 18.1. The van der Waals surface area contributed by atoms with Crippen LogP contribution in [0.1, 0.15) is 73.1 Å². The zero-order valence-electron chi connectivity index (χ0n) is 30.2. The SMILES string of the molecule is Cc1nn(C)c2c(-c3cc4sc(NCC(C)(C)O)nc4nc3[C@H](Cc3cc(F)cc(F)c3)NC(=O)Cn3nc(C(F)F)c4c3C(F)(F)CCC4(F)F)cccc12. The number of amides is 1. The summed E-state index contributed by atoms with van der Waals surface area (Å²) in [7, 11) is 1.72. The third kappa shape index (κ3) is 7.53. The number of fused-ring (bicyclic) bond motifs is 3. The smallest absolute Gasteiger partial charge is 0.290 e. The van der Waals surface area contributed by atoms with E-state index in [0.717, 1.165) is 17.5 Å². The Morgan fingerprint density at radius 2 is 1.68 bits per heavy atom. The van der Waals surface area contributed by atoms with Crippen molar-refractivity contribution in [3.63, 3.8) is 0 Å². The van der Waals surface area contributed by atoms with Crippen molar-refractivity contribution in [3.05, 3.63) is 88.0 Å². The number of hydrogen-bond acceptors (Lipinski definition) is 8. The Kier molecular flexibility index (Phi) is 9.83. The molecule has 1 atom stereocenters. The Morgan fingerprint density at radius 1 is 0.982 bits per heavy atom. The van der Waals surface area contributed by atoms with Crippen molar-refractivity contribution in [1.82, 2.24) is 34.8 Å². The zero-order chi connectivity index (χ0) is 40.5. The number of aromatic nitrogens is 6. The van der Waals surface area contributed by atoms with Gasteiger partial charge < -0.3 is 15.7 Å². The van der Waals surface area contributed by atoms with E-state index in [1.165, 1.54) is 11.3 Å². The highest BCUT2D eigenvalue weighted by Gasteiger charge is 2.55. The molecule has 0 fully saturated rings. The summed E-state index contributed by atoms with van der Waals surface area (Å²) in [4.78, 5) is 23.3. The molecule has 0 spiro atoms. The van der Waals surface area contributed by atoms with Gasteiger partial charge in [0.25, 0.3) is 18.3 Å². The largest absolute Gasteiger partial charge is 0.389 e. The first-order chi connectivity index (χ1) is 26.2. The molecule has 2 aromatic carbocycles. The van der Waals surface area contributed by atoms with Crippen molar-refractivity contribution in [2.45, 2.75) is 76.5 Å². The van der Waals surface area contributed by atoms with Crippen LogP contribution in [0.25, 0.3) is 32.4 Å². The van der Waals surface area contributed by atoms with E-state index in [2.05, 4.69) is 25.8 Å². The number of rotatable bonds is 11. The van der Waals surface area contributed by atoms with Gasteiger partial charge in [0.1, 0.15) is 29.6 Å². The lowest BCUT2D eigenvalue weighted by molar-refractivity contribution is -0.123. The molecule has 3 N–H and O–H groups in total. The number of aryl methyl sites for hydroxylation is 2. The summed E-state index contributed by atoms with van der Waals surface area (Å²) in [6.07, 6.45) is -6.76. The van der Waals surface area contributed by atoms with E-state index in [0.29, 0.717) is 38.2 Å². The minimum Gasteiger partial charge on any atom is -0.389 e. The average Bonchev–Trinajstić information content (AvgIpc) is 3.78. The van der Waals surface area contributed by atoms with Crippen molar-refractivity contribution < 1.29 is 45.0 Å². The molecule has 7 rings (SSSR count). The number of carbonyl (C=O) groups excluding carboxylic acids is 1. The van der Waals surface area contributed by atoms with Gasteiger partial charge in [-0.25, -0.2) is 36.3 Å². The van der Waals surface area contributed by atoms with E-state index in [1.54, 1.807) is 43.8 Å². The van der Waals surface area contributed by atoms with Crippen LogP contribution in [-0.4, -0.2) is 52.7 Å². The molecule has 6 aromatic rings. The number of para-hydroxylation sites is 1. The van der Waals surface area contributed by atoms with E-state index in [1.807, 2.05) is 13.0 Å². The van der Waals surface area contributed by atoms with Gasteiger partial charge in [-0.3, -0.25) is 14.2 Å². The molecule has 0 saturated heterocycles. The topological polar surface area (TPSA) is 123 Å². The molecule has 1 aliphatic rings. The van der Waals surface area contributed by atoms with Crippen molar-refractivity contribution >= 4 is 43.6 Å². The van der Waals surface area contributed by atoms with Gasteiger partial charge in [0.15, 0.2) is 10.8 Å². The van der Waals surface area contributed by atoms with Crippen molar-refractivity contribution in [1.29, 1.82) is 0 Å². The van der Waals surface area contributed by atoms with E-state index in [9.17, 15) is 36.2 Å². The van der Waals surface area contributed by atoms with Gasteiger partial charge in [-0.15, -0.1) is 0 Å². The Hall–Kier alpha value is -5.17. The third-order valence-corrected chi connectivity index (χ3v) is 10.3. The standard InChI is InChI=1S/C37H34F8N8O2S/c1-17-21-6-5-7-22(30(21)52(4)50-17)23-14-25-33(49-34(56-25)46-16-35(2,3)55)48-28(23)24(12-18-10-19(38)13-20(39)11-18)47-26(54)15-53-31-27(29(51-53)32(40)41)36(42,43)8-9-37(31,44)45/h5-7,10-11,13-14,24,32,55H,8-9,12,15-16H2,1-4H3,(H,47,54)(H,46,48,49)/t24-/m0/s1. The number of carbonyl (C=O) groups is 1. The second-order valence-electron chi connectivity index (χ2n) is 14.4. The minimum atomic E-state index is -4.06. The molecule has 0 saturated carbocycles. The van der Waals surface area contributed by atoms with E-state index in [-0.39, 0.29) is 34.6 Å². The average molecular weight is 807 g/mol. The van der Waals surface area contributed by atoms with Gasteiger partial charge in [0.2, 0.25) is 5.91 Å². The van der Waals surface area contributed by atoms with Crippen LogP contribution in [0.5, 0.6) is 0 Å². The predicted molar refractivity (Wildman–Crippen MR) is 192 cm³/mol. The number of pyridine rings is 1.